The Morgan fingerprint density at radius 3 is 2.71 bits per heavy atom. The summed E-state index contributed by atoms with van der Waals surface area (Å²) in [4.78, 5) is 13.3. The Morgan fingerprint density at radius 1 is 1.71 bits per heavy atom. The van der Waals surface area contributed by atoms with Gasteiger partial charge in [-0.15, -0.1) is 0 Å². The number of nitrogens with one attached hydrogen (secondary N) is 1. The molecule has 0 spiro atoms. The molecule has 4 N–H and O–H groups in total. The predicted molar refractivity (Wildman–Crippen MR) is 64.1 cm³/mol. The number of likely N-dealkylation sites (tertiary alicyclic amines) is 1. The first-order valence-corrected chi connectivity index (χ1v) is 5.63. The van der Waals surface area contributed by atoms with E-state index in [9.17, 15) is 9.90 Å². The van der Waals surface area contributed by atoms with E-state index in [-0.39, 0.29) is 12.6 Å². The smallest absolute Gasteiger partial charge is 0.411 e. The molecule has 2 atom stereocenters. The van der Waals surface area contributed by atoms with Gasteiger partial charge in [-0.05, 0) is 27.2 Å². The van der Waals surface area contributed by atoms with Crippen molar-refractivity contribution in [3.8, 4) is 0 Å². The highest BCUT2D eigenvalue weighted by molar-refractivity contribution is 5.79. The van der Waals surface area contributed by atoms with E-state index in [1.54, 1.807) is 20.8 Å². The summed E-state index contributed by atoms with van der Waals surface area (Å²) in [5, 5.41) is 16.8. The Labute approximate surface area is 101 Å². The van der Waals surface area contributed by atoms with Gasteiger partial charge >= 0.3 is 6.09 Å². The van der Waals surface area contributed by atoms with Crippen LogP contribution in [0.3, 0.4) is 0 Å². The Bertz CT molecular complexity index is 314. The van der Waals surface area contributed by atoms with Crippen molar-refractivity contribution in [2.75, 3.05) is 13.2 Å². The number of nitrogens with two attached hydrogens (primary N) is 1. The van der Waals surface area contributed by atoms with Crippen LogP contribution in [0.2, 0.25) is 0 Å². The number of nitrogens with zero attached hydrogens (tertiary/aromatic N) is 1. The van der Waals surface area contributed by atoms with Gasteiger partial charge in [-0.2, -0.15) is 0 Å². The van der Waals surface area contributed by atoms with Crippen molar-refractivity contribution < 1.29 is 14.6 Å². The number of rotatable bonds is 2. The SMILES string of the molecule is CC(C)(C)OC(=O)N1C[C@H](N)C[C@@]1(C=N)CO. The summed E-state index contributed by atoms with van der Waals surface area (Å²) in [6.07, 6.45) is 0.915. The van der Waals surface area contributed by atoms with E-state index >= 15 is 0 Å². The van der Waals surface area contributed by atoms with Gasteiger partial charge in [0, 0.05) is 18.8 Å². The van der Waals surface area contributed by atoms with Crippen LogP contribution in [0.5, 0.6) is 0 Å². The van der Waals surface area contributed by atoms with Crippen molar-refractivity contribution in [2.45, 2.75) is 44.4 Å². The Morgan fingerprint density at radius 2 is 2.29 bits per heavy atom. The van der Waals surface area contributed by atoms with E-state index in [1.165, 1.54) is 4.90 Å². The molecule has 17 heavy (non-hydrogen) atoms. The first-order chi connectivity index (χ1) is 7.74. The van der Waals surface area contributed by atoms with Gasteiger partial charge in [0.25, 0.3) is 0 Å². The van der Waals surface area contributed by atoms with Gasteiger partial charge in [0.05, 0.1) is 6.61 Å². The maximum atomic E-state index is 12.0. The third-order valence-electron chi connectivity index (χ3n) is 2.73. The van der Waals surface area contributed by atoms with Crippen molar-refractivity contribution in [1.29, 1.82) is 5.41 Å². The fourth-order valence-corrected chi connectivity index (χ4v) is 1.95. The normalized spacial score (nSPS) is 29.2. The zero-order valence-corrected chi connectivity index (χ0v) is 10.6. The monoisotopic (exact) mass is 243 g/mol. The van der Waals surface area contributed by atoms with Crippen LogP contribution in [-0.4, -0.2) is 52.6 Å². The summed E-state index contributed by atoms with van der Waals surface area (Å²) in [6, 6.07) is -0.240. The minimum Gasteiger partial charge on any atom is -0.444 e. The van der Waals surface area contributed by atoms with Gasteiger partial charge in [-0.1, -0.05) is 0 Å². The number of hydrogen-bond donors (Lipinski definition) is 3. The Kier molecular flexibility index (Phi) is 3.78. The first-order valence-electron chi connectivity index (χ1n) is 5.63. The number of ether oxygens (including phenoxy) is 1. The molecule has 1 heterocycles. The summed E-state index contributed by atoms with van der Waals surface area (Å²) in [6.45, 7) is 5.29. The van der Waals surface area contributed by atoms with Crippen LogP contribution < -0.4 is 5.73 Å². The van der Waals surface area contributed by atoms with Crippen LogP contribution in [0.15, 0.2) is 0 Å². The average molecular weight is 243 g/mol. The van der Waals surface area contributed by atoms with E-state index < -0.39 is 17.2 Å². The molecule has 1 rings (SSSR count). The second-order valence-electron chi connectivity index (χ2n) is 5.46. The molecule has 0 saturated carbocycles. The van der Waals surface area contributed by atoms with Crippen LogP contribution in [0, 0.1) is 5.41 Å². The Hall–Kier alpha value is -1.14. The van der Waals surface area contributed by atoms with Crippen molar-refractivity contribution in [3.63, 3.8) is 0 Å². The molecule has 98 valence electrons. The minimum atomic E-state index is -1.01. The highest BCUT2D eigenvalue weighted by atomic mass is 16.6. The second-order valence-corrected chi connectivity index (χ2v) is 5.46. The molecule has 0 aromatic heterocycles. The molecule has 0 unspecified atom stereocenters. The topological polar surface area (TPSA) is 99.6 Å². The van der Waals surface area contributed by atoms with Crippen LogP contribution in [0.4, 0.5) is 4.79 Å². The Balaban J connectivity index is 2.87. The molecule has 0 bridgehead atoms. The number of carbonyl (C=O) groups is 1. The molecular formula is C11H21N3O3. The molecule has 0 aromatic rings. The zero-order chi connectivity index (χ0) is 13.3. The lowest BCUT2D eigenvalue weighted by Crippen LogP contribution is -2.52. The zero-order valence-electron chi connectivity index (χ0n) is 10.6. The van der Waals surface area contributed by atoms with Gasteiger partial charge in [0.15, 0.2) is 0 Å². The lowest BCUT2D eigenvalue weighted by atomic mass is 9.98. The molecule has 1 saturated heterocycles. The van der Waals surface area contributed by atoms with Gasteiger partial charge in [-0.25, -0.2) is 4.79 Å². The maximum absolute atomic E-state index is 12.0. The summed E-state index contributed by atoms with van der Waals surface area (Å²) in [5.41, 5.74) is 4.17. The van der Waals surface area contributed by atoms with Gasteiger partial charge in [0.2, 0.25) is 0 Å². The van der Waals surface area contributed by atoms with Crippen LogP contribution >= 0.6 is 0 Å². The molecule has 6 nitrogen and oxygen atoms in total. The molecule has 1 fully saturated rings. The van der Waals surface area contributed by atoms with Gasteiger partial charge in [0.1, 0.15) is 11.1 Å². The van der Waals surface area contributed by atoms with E-state index in [2.05, 4.69) is 0 Å². The molecule has 1 aliphatic heterocycles. The first kappa shape index (κ1) is 13.9. The second kappa shape index (κ2) is 4.62. The largest absolute Gasteiger partial charge is 0.444 e. The molecule has 0 radical (unpaired) electrons. The standard InChI is InChI=1S/C11H21N3O3/c1-10(2,3)17-9(16)14-5-8(13)4-11(14,6-12)7-15/h6,8,12,15H,4-5,7,13H2,1-3H3/t8-,11-/m1/s1. The van der Waals surface area contributed by atoms with E-state index in [0.717, 1.165) is 6.21 Å². The highest BCUT2D eigenvalue weighted by Gasteiger charge is 2.46. The quantitative estimate of drug-likeness (QED) is 0.609. The summed E-state index contributed by atoms with van der Waals surface area (Å²) in [5.74, 6) is 0. The molecule has 0 aromatic carbocycles. The average Bonchev–Trinajstić information content (AvgIpc) is 2.54. The molecule has 1 amide bonds. The van der Waals surface area contributed by atoms with Crippen molar-refractivity contribution in [2.24, 2.45) is 5.73 Å². The molecule has 0 aliphatic carbocycles. The van der Waals surface area contributed by atoms with E-state index in [1.807, 2.05) is 0 Å². The lowest BCUT2D eigenvalue weighted by Gasteiger charge is -2.34. The van der Waals surface area contributed by atoms with Crippen molar-refractivity contribution in [3.05, 3.63) is 0 Å². The number of hydrogen-bond acceptors (Lipinski definition) is 5. The highest BCUT2D eigenvalue weighted by Crippen LogP contribution is 2.28. The predicted octanol–water partition coefficient (Wildman–Crippen LogP) is 0.335. The molecular weight excluding hydrogens is 222 g/mol. The maximum Gasteiger partial charge on any atom is 0.411 e. The van der Waals surface area contributed by atoms with Gasteiger partial charge in [-0.3, -0.25) is 4.90 Å². The number of carbonyl (C=O) groups excluding carboxylic acids is 1. The van der Waals surface area contributed by atoms with E-state index in [4.69, 9.17) is 15.9 Å². The van der Waals surface area contributed by atoms with Crippen LogP contribution in [-0.2, 0) is 4.74 Å². The van der Waals surface area contributed by atoms with Crippen molar-refractivity contribution >= 4 is 12.3 Å². The van der Waals surface area contributed by atoms with Crippen LogP contribution in [0.25, 0.3) is 0 Å². The van der Waals surface area contributed by atoms with Crippen LogP contribution in [0.1, 0.15) is 27.2 Å². The van der Waals surface area contributed by atoms with Gasteiger partial charge < -0.3 is 21.0 Å². The minimum absolute atomic E-state index is 0.240. The molecule has 1 aliphatic rings. The third kappa shape index (κ3) is 2.95. The summed E-state index contributed by atoms with van der Waals surface area (Å²) < 4.78 is 5.25. The fraction of sp³-hybridized carbons (Fsp3) is 0.818. The number of amides is 1. The summed E-state index contributed by atoms with van der Waals surface area (Å²) >= 11 is 0. The van der Waals surface area contributed by atoms with Crippen molar-refractivity contribution in [1.82, 2.24) is 4.90 Å². The third-order valence-corrected chi connectivity index (χ3v) is 2.73. The molecule has 6 heteroatoms. The number of aliphatic hydroxyl groups is 1. The fourth-order valence-electron chi connectivity index (χ4n) is 1.95. The summed E-state index contributed by atoms with van der Waals surface area (Å²) in [7, 11) is 0. The van der Waals surface area contributed by atoms with E-state index in [0.29, 0.717) is 13.0 Å². The number of aliphatic hydroxyl groups excluding tert-OH is 1. The lowest BCUT2D eigenvalue weighted by molar-refractivity contribution is 0.0100.